The maximum Gasteiger partial charge on any atom is 0.332 e. The van der Waals surface area contributed by atoms with E-state index in [-0.39, 0.29) is 18.9 Å². The van der Waals surface area contributed by atoms with Gasteiger partial charge in [-0.05, 0) is 18.8 Å². The molecule has 0 aliphatic heterocycles. The summed E-state index contributed by atoms with van der Waals surface area (Å²) in [5, 5.41) is 20.1. The van der Waals surface area contributed by atoms with Crippen LogP contribution in [0.15, 0.2) is 0 Å². The Kier molecular flexibility index (Phi) is 5.97. The van der Waals surface area contributed by atoms with E-state index in [4.69, 9.17) is 10.2 Å². The van der Waals surface area contributed by atoms with Gasteiger partial charge in [-0.25, -0.2) is 4.79 Å². The lowest BCUT2D eigenvalue weighted by molar-refractivity contribution is -0.147. The van der Waals surface area contributed by atoms with Crippen molar-refractivity contribution in [2.75, 3.05) is 6.54 Å². The minimum Gasteiger partial charge on any atom is -0.479 e. The highest BCUT2D eigenvalue weighted by atomic mass is 16.4. The van der Waals surface area contributed by atoms with Crippen LogP contribution in [0.5, 0.6) is 0 Å². The zero-order chi connectivity index (χ0) is 12.7. The molecule has 1 unspecified atom stereocenters. The van der Waals surface area contributed by atoms with E-state index in [0.29, 0.717) is 12.3 Å². The molecule has 5 nitrogen and oxygen atoms in total. The largest absolute Gasteiger partial charge is 0.479 e. The maximum absolute atomic E-state index is 11.5. The summed E-state index contributed by atoms with van der Waals surface area (Å²) < 4.78 is 0. The van der Waals surface area contributed by atoms with Crippen molar-refractivity contribution in [1.29, 1.82) is 0 Å². The Labute approximate surface area is 101 Å². The van der Waals surface area contributed by atoms with Crippen LogP contribution in [0.25, 0.3) is 0 Å². The second-order valence-corrected chi connectivity index (χ2v) is 4.70. The number of carboxylic acid groups (broad SMARTS) is 1. The first-order chi connectivity index (χ1) is 8.09. The minimum absolute atomic E-state index is 0.0329. The molecule has 0 heterocycles. The van der Waals surface area contributed by atoms with Gasteiger partial charge in [0.2, 0.25) is 5.91 Å². The molecule has 0 bridgehead atoms. The Morgan fingerprint density at radius 3 is 2.47 bits per heavy atom. The number of carboxylic acids is 1. The van der Waals surface area contributed by atoms with E-state index >= 15 is 0 Å². The Balaban J connectivity index is 2.10. The van der Waals surface area contributed by atoms with Crippen LogP contribution in [0.2, 0.25) is 0 Å². The first-order valence-electron chi connectivity index (χ1n) is 6.27. The summed E-state index contributed by atoms with van der Waals surface area (Å²) in [6.07, 6.45) is 5.12. The molecule has 0 saturated heterocycles. The van der Waals surface area contributed by atoms with Crippen molar-refractivity contribution in [2.24, 2.45) is 5.92 Å². The van der Waals surface area contributed by atoms with Crippen molar-refractivity contribution in [3.8, 4) is 0 Å². The van der Waals surface area contributed by atoms with Crippen molar-refractivity contribution in [1.82, 2.24) is 5.32 Å². The molecule has 1 aliphatic carbocycles. The minimum atomic E-state index is -1.38. The molecule has 0 radical (unpaired) electrons. The fourth-order valence-corrected chi connectivity index (χ4v) is 2.20. The predicted molar refractivity (Wildman–Crippen MR) is 62.5 cm³/mol. The van der Waals surface area contributed by atoms with Crippen molar-refractivity contribution in [3.05, 3.63) is 0 Å². The highest BCUT2D eigenvalue weighted by Crippen LogP contribution is 2.25. The van der Waals surface area contributed by atoms with Crippen molar-refractivity contribution in [2.45, 2.75) is 51.0 Å². The molecule has 1 amide bonds. The SMILES string of the molecule is O=C(CC1CCCCC1)NCCC(O)C(=O)O. The van der Waals surface area contributed by atoms with E-state index < -0.39 is 12.1 Å². The lowest BCUT2D eigenvalue weighted by Gasteiger charge is -2.20. The second kappa shape index (κ2) is 7.27. The fourth-order valence-electron chi connectivity index (χ4n) is 2.20. The van der Waals surface area contributed by atoms with Gasteiger partial charge in [0, 0.05) is 19.4 Å². The molecular formula is C12H21NO4. The van der Waals surface area contributed by atoms with Crippen molar-refractivity contribution in [3.63, 3.8) is 0 Å². The van der Waals surface area contributed by atoms with Gasteiger partial charge in [-0.2, -0.15) is 0 Å². The molecule has 1 atom stereocenters. The third kappa shape index (κ3) is 5.68. The number of hydrogen-bond donors (Lipinski definition) is 3. The van der Waals surface area contributed by atoms with Crippen LogP contribution in [0.1, 0.15) is 44.9 Å². The predicted octanol–water partition coefficient (Wildman–Crippen LogP) is 0.909. The fraction of sp³-hybridized carbons (Fsp3) is 0.833. The van der Waals surface area contributed by atoms with Crippen LogP contribution < -0.4 is 5.32 Å². The monoisotopic (exact) mass is 243 g/mol. The maximum atomic E-state index is 11.5. The molecule has 3 N–H and O–H groups in total. The number of rotatable bonds is 6. The first kappa shape index (κ1) is 14.0. The van der Waals surface area contributed by atoms with Gasteiger partial charge in [-0.1, -0.05) is 19.3 Å². The molecule has 0 aromatic rings. The number of aliphatic carboxylic acids is 1. The van der Waals surface area contributed by atoms with E-state index in [9.17, 15) is 9.59 Å². The molecule has 0 aromatic heterocycles. The number of amides is 1. The summed E-state index contributed by atoms with van der Waals surface area (Å²) in [5.41, 5.74) is 0. The Hall–Kier alpha value is -1.10. The number of carbonyl (C=O) groups excluding carboxylic acids is 1. The van der Waals surface area contributed by atoms with Crippen LogP contribution in [0, 0.1) is 5.92 Å². The van der Waals surface area contributed by atoms with Gasteiger partial charge in [-0.3, -0.25) is 4.79 Å². The van der Waals surface area contributed by atoms with Crippen LogP contribution in [0.3, 0.4) is 0 Å². The molecule has 1 saturated carbocycles. The Morgan fingerprint density at radius 1 is 1.24 bits per heavy atom. The topological polar surface area (TPSA) is 86.6 Å². The highest BCUT2D eigenvalue weighted by Gasteiger charge is 2.17. The smallest absolute Gasteiger partial charge is 0.332 e. The van der Waals surface area contributed by atoms with Gasteiger partial charge in [0.15, 0.2) is 6.10 Å². The molecule has 1 aliphatic rings. The van der Waals surface area contributed by atoms with E-state index in [1.54, 1.807) is 0 Å². The summed E-state index contributed by atoms with van der Waals surface area (Å²) in [5.74, 6) is -0.797. The zero-order valence-electron chi connectivity index (χ0n) is 10.0. The molecule has 1 fully saturated rings. The highest BCUT2D eigenvalue weighted by molar-refractivity contribution is 5.76. The van der Waals surface area contributed by atoms with E-state index in [0.717, 1.165) is 12.8 Å². The molecule has 98 valence electrons. The summed E-state index contributed by atoms with van der Waals surface area (Å²) in [6, 6.07) is 0. The number of aliphatic hydroxyl groups is 1. The summed E-state index contributed by atoms with van der Waals surface area (Å²) >= 11 is 0. The van der Waals surface area contributed by atoms with Gasteiger partial charge >= 0.3 is 5.97 Å². The first-order valence-corrected chi connectivity index (χ1v) is 6.27. The zero-order valence-corrected chi connectivity index (χ0v) is 10.0. The van der Waals surface area contributed by atoms with Crippen molar-refractivity contribution >= 4 is 11.9 Å². The van der Waals surface area contributed by atoms with Gasteiger partial charge in [0.1, 0.15) is 0 Å². The number of aliphatic hydroxyl groups excluding tert-OH is 1. The van der Waals surface area contributed by atoms with Crippen LogP contribution >= 0.6 is 0 Å². The molecule has 17 heavy (non-hydrogen) atoms. The average Bonchev–Trinajstić information content (AvgIpc) is 2.30. The van der Waals surface area contributed by atoms with E-state index in [1.165, 1.54) is 19.3 Å². The Morgan fingerprint density at radius 2 is 1.88 bits per heavy atom. The normalized spacial score (nSPS) is 18.6. The van der Waals surface area contributed by atoms with Crippen LogP contribution in [0.4, 0.5) is 0 Å². The number of nitrogens with one attached hydrogen (secondary N) is 1. The van der Waals surface area contributed by atoms with Crippen LogP contribution in [-0.4, -0.2) is 34.7 Å². The van der Waals surface area contributed by atoms with Gasteiger partial charge in [0.05, 0.1) is 0 Å². The van der Waals surface area contributed by atoms with E-state index in [2.05, 4.69) is 5.32 Å². The standard InChI is InChI=1S/C12H21NO4/c14-10(12(16)17)6-7-13-11(15)8-9-4-2-1-3-5-9/h9-10,14H,1-8H2,(H,13,15)(H,16,17). The van der Waals surface area contributed by atoms with Gasteiger partial charge in [-0.15, -0.1) is 0 Å². The molecule has 0 spiro atoms. The lowest BCUT2D eigenvalue weighted by atomic mass is 9.87. The van der Waals surface area contributed by atoms with Crippen molar-refractivity contribution < 1.29 is 19.8 Å². The third-order valence-corrected chi connectivity index (χ3v) is 3.22. The summed E-state index contributed by atoms with van der Waals surface area (Å²) in [4.78, 5) is 21.9. The average molecular weight is 243 g/mol. The lowest BCUT2D eigenvalue weighted by Crippen LogP contribution is -2.31. The quantitative estimate of drug-likeness (QED) is 0.647. The van der Waals surface area contributed by atoms with Crippen LogP contribution in [-0.2, 0) is 9.59 Å². The molecule has 5 heteroatoms. The molecular weight excluding hydrogens is 222 g/mol. The number of hydrogen-bond acceptors (Lipinski definition) is 3. The third-order valence-electron chi connectivity index (χ3n) is 3.22. The number of carbonyl (C=O) groups is 2. The summed E-state index contributed by atoms with van der Waals surface area (Å²) in [6.45, 7) is 0.221. The van der Waals surface area contributed by atoms with Gasteiger partial charge in [0.25, 0.3) is 0 Å². The molecule has 0 aromatic carbocycles. The second-order valence-electron chi connectivity index (χ2n) is 4.70. The van der Waals surface area contributed by atoms with E-state index in [1.807, 2.05) is 0 Å². The summed E-state index contributed by atoms with van der Waals surface area (Å²) in [7, 11) is 0. The van der Waals surface area contributed by atoms with Gasteiger partial charge < -0.3 is 15.5 Å². The Bertz CT molecular complexity index is 261. The molecule has 1 rings (SSSR count).